The van der Waals surface area contributed by atoms with E-state index >= 15 is 0 Å². The third-order valence-corrected chi connectivity index (χ3v) is 2.30. The SMILES string of the molecule is CCN(CC(C)(C)O)c1nc(C)cc(CO)n1. The standard InChI is InChI=1S/C12H21N3O2/c1-5-15(8-12(3,4)17)11-13-9(2)6-10(7-16)14-11/h6,16-17H,5,7-8H2,1-4H3. The van der Waals surface area contributed by atoms with E-state index < -0.39 is 5.60 Å². The zero-order valence-electron chi connectivity index (χ0n) is 10.9. The maximum Gasteiger partial charge on any atom is 0.225 e. The molecule has 5 heteroatoms. The van der Waals surface area contributed by atoms with E-state index in [9.17, 15) is 5.11 Å². The molecule has 96 valence electrons. The highest BCUT2D eigenvalue weighted by atomic mass is 16.3. The van der Waals surface area contributed by atoms with E-state index in [0.29, 0.717) is 24.7 Å². The smallest absolute Gasteiger partial charge is 0.225 e. The van der Waals surface area contributed by atoms with Crippen LogP contribution in [0.15, 0.2) is 6.07 Å². The normalized spacial score (nSPS) is 11.6. The molecule has 2 N–H and O–H groups in total. The number of aliphatic hydroxyl groups excluding tert-OH is 1. The number of anilines is 1. The lowest BCUT2D eigenvalue weighted by atomic mass is 10.1. The number of hydrogen-bond acceptors (Lipinski definition) is 5. The van der Waals surface area contributed by atoms with Gasteiger partial charge in [0.15, 0.2) is 0 Å². The van der Waals surface area contributed by atoms with E-state index in [1.165, 1.54) is 0 Å². The summed E-state index contributed by atoms with van der Waals surface area (Å²) < 4.78 is 0. The van der Waals surface area contributed by atoms with Crippen LogP contribution in [0.5, 0.6) is 0 Å². The van der Waals surface area contributed by atoms with Crippen LogP contribution in [0.2, 0.25) is 0 Å². The van der Waals surface area contributed by atoms with Gasteiger partial charge in [-0.1, -0.05) is 0 Å². The van der Waals surface area contributed by atoms with Gasteiger partial charge in [-0.15, -0.1) is 0 Å². The third kappa shape index (κ3) is 4.28. The van der Waals surface area contributed by atoms with E-state index in [4.69, 9.17) is 5.11 Å². The lowest BCUT2D eigenvalue weighted by Crippen LogP contribution is -2.39. The number of aromatic nitrogens is 2. The van der Waals surface area contributed by atoms with Crippen molar-refractivity contribution in [3.05, 3.63) is 17.5 Å². The summed E-state index contributed by atoms with van der Waals surface area (Å²) in [6.07, 6.45) is 0. The van der Waals surface area contributed by atoms with Gasteiger partial charge < -0.3 is 15.1 Å². The van der Waals surface area contributed by atoms with Crippen LogP contribution >= 0.6 is 0 Å². The average molecular weight is 239 g/mol. The lowest BCUT2D eigenvalue weighted by Gasteiger charge is -2.28. The van der Waals surface area contributed by atoms with E-state index in [1.807, 2.05) is 18.7 Å². The Kier molecular flexibility index (Phi) is 4.42. The van der Waals surface area contributed by atoms with Crippen molar-refractivity contribution in [2.24, 2.45) is 0 Å². The van der Waals surface area contributed by atoms with E-state index in [-0.39, 0.29) is 6.61 Å². The summed E-state index contributed by atoms with van der Waals surface area (Å²) in [4.78, 5) is 10.5. The van der Waals surface area contributed by atoms with Crippen molar-refractivity contribution in [1.82, 2.24) is 9.97 Å². The van der Waals surface area contributed by atoms with Gasteiger partial charge in [-0.05, 0) is 33.8 Å². The summed E-state index contributed by atoms with van der Waals surface area (Å²) in [5.74, 6) is 0.554. The predicted octanol–water partition coefficient (Wildman–Crippen LogP) is 0.875. The molecule has 0 saturated heterocycles. The number of aryl methyl sites for hydroxylation is 1. The Morgan fingerprint density at radius 3 is 2.47 bits per heavy atom. The van der Waals surface area contributed by atoms with Crippen LogP contribution in [0.25, 0.3) is 0 Å². The predicted molar refractivity (Wildman–Crippen MR) is 66.9 cm³/mol. The van der Waals surface area contributed by atoms with Gasteiger partial charge in [-0.3, -0.25) is 0 Å². The second kappa shape index (κ2) is 5.42. The Hall–Kier alpha value is -1.20. The molecule has 1 heterocycles. The van der Waals surface area contributed by atoms with Crippen molar-refractivity contribution < 1.29 is 10.2 Å². The minimum absolute atomic E-state index is 0.101. The summed E-state index contributed by atoms with van der Waals surface area (Å²) in [7, 11) is 0. The highest BCUT2D eigenvalue weighted by molar-refractivity contribution is 5.32. The number of rotatable bonds is 5. The third-order valence-electron chi connectivity index (χ3n) is 2.30. The Morgan fingerprint density at radius 1 is 1.35 bits per heavy atom. The van der Waals surface area contributed by atoms with Crippen molar-refractivity contribution in [2.75, 3.05) is 18.0 Å². The summed E-state index contributed by atoms with van der Waals surface area (Å²) in [6.45, 7) is 8.40. The van der Waals surface area contributed by atoms with Gasteiger partial charge >= 0.3 is 0 Å². The molecule has 0 aliphatic heterocycles. The topological polar surface area (TPSA) is 69.5 Å². The van der Waals surface area contributed by atoms with Gasteiger partial charge in [0.2, 0.25) is 5.95 Å². The molecule has 0 bridgehead atoms. The van der Waals surface area contributed by atoms with E-state index in [0.717, 1.165) is 5.69 Å². The van der Waals surface area contributed by atoms with Crippen LogP contribution in [0.1, 0.15) is 32.2 Å². The van der Waals surface area contributed by atoms with Gasteiger partial charge in [-0.2, -0.15) is 0 Å². The number of hydrogen-bond donors (Lipinski definition) is 2. The molecular formula is C12H21N3O2. The lowest BCUT2D eigenvalue weighted by molar-refractivity contribution is 0.0872. The fourth-order valence-corrected chi connectivity index (χ4v) is 1.63. The molecule has 0 aliphatic carbocycles. The largest absolute Gasteiger partial charge is 0.390 e. The molecule has 0 amide bonds. The highest BCUT2D eigenvalue weighted by Crippen LogP contribution is 2.14. The van der Waals surface area contributed by atoms with Crippen molar-refractivity contribution in [3.8, 4) is 0 Å². The maximum atomic E-state index is 9.83. The summed E-state index contributed by atoms with van der Waals surface area (Å²) >= 11 is 0. The number of aliphatic hydroxyl groups is 2. The average Bonchev–Trinajstić information content (AvgIpc) is 2.23. The summed E-state index contributed by atoms with van der Waals surface area (Å²) in [5.41, 5.74) is 0.609. The Bertz CT molecular complexity index is 375. The molecule has 1 rings (SSSR count). The fourth-order valence-electron chi connectivity index (χ4n) is 1.63. The quantitative estimate of drug-likeness (QED) is 0.798. The van der Waals surface area contributed by atoms with Crippen molar-refractivity contribution in [3.63, 3.8) is 0 Å². The fraction of sp³-hybridized carbons (Fsp3) is 0.667. The molecule has 1 aromatic heterocycles. The second-order valence-electron chi connectivity index (χ2n) is 4.79. The zero-order valence-corrected chi connectivity index (χ0v) is 10.9. The minimum Gasteiger partial charge on any atom is -0.390 e. The zero-order chi connectivity index (χ0) is 13.1. The molecule has 0 aromatic carbocycles. The first-order valence-corrected chi connectivity index (χ1v) is 5.78. The minimum atomic E-state index is -0.803. The first-order chi connectivity index (χ1) is 7.85. The van der Waals surface area contributed by atoms with Gasteiger partial charge in [-0.25, -0.2) is 9.97 Å². The van der Waals surface area contributed by atoms with Crippen LogP contribution in [0.3, 0.4) is 0 Å². The number of likely N-dealkylation sites (N-methyl/N-ethyl adjacent to an activating group) is 1. The van der Waals surface area contributed by atoms with E-state index in [2.05, 4.69) is 9.97 Å². The summed E-state index contributed by atoms with van der Waals surface area (Å²) in [6, 6.07) is 1.75. The van der Waals surface area contributed by atoms with Crippen molar-refractivity contribution >= 4 is 5.95 Å². The molecule has 0 unspecified atom stereocenters. The van der Waals surface area contributed by atoms with Crippen LogP contribution < -0.4 is 4.90 Å². The van der Waals surface area contributed by atoms with Gasteiger partial charge in [0.05, 0.1) is 17.9 Å². The van der Waals surface area contributed by atoms with Gasteiger partial charge in [0.25, 0.3) is 0 Å². The monoisotopic (exact) mass is 239 g/mol. The van der Waals surface area contributed by atoms with Gasteiger partial charge in [0.1, 0.15) is 0 Å². The molecule has 0 aliphatic rings. The Labute approximate surface area is 102 Å². The molecule has 0 atom stereocenters. The number of nitrogens with zero attached hydrogens (tertiary/aromatic N) is 3. The van der Waals surface area contributed by atoms with Crippen LogP contribution in [0.4, 0.5) is 5.95 Å². The van der Waals surface area contributed by atoms with Crippen LogP contribution in [-0.4, -0.2) is 38.9 Å². The van der Waals surface area contributed by atoms with E-state index in [1.54, 1.807) is 19.9 Å². The first kappa shape index (κ1) is 13.9. The Morgan fingerprint density at radius 2 is 2.00 bits per heavy atom. The molecule has 0 fully saturated rings. The summed E-state index contributed by atoms with van der Waals surface area (Å²) in [5, 5.41) is 18.9. The molecule has 0 radical (unpaired) electrons. The molecule has 1 aromatic rings. The second-order valence-corrected chi connectivity index (χ2v) is 4.79. The molecule has 0 saturated carbocycles. The van der Waals surface area contributed by atoms with Gasteiger partial charge in [0, 0.05) is 18.8 Å². The van der Waals surface area contributed by atoms with Crippen LogP contribution in [-0.2, 0) is 6.61 Å². The molecule has 17 heavy (non-hydrogen) atoms. The highest BCUT2D eigenvalue weighted by Gasteiger charge is 2.19. The maximum absolute atomic E-state index is 9.83. The first-order valence-electron chi connectivity index (χ1n) is 5.78. The van der Waals surface area contributed by atoms with Crippen LogP contribution in [0, 0.1) is 6.92 Å². The van der Waals surface area contributed by atoms with Crippen molar-refractivity contribution in [2.45, 2.75) is 39.9 Å². The van der Waals surface area contributed by atoms with Crippen molar-refractivity contribution in [1.29, 1.82) is 0 Å². The molecule has 5 nitrogen and oxygen atoms in total. The molecule has 0 spiro atoms. The Balaban J connectivity index is 2.99. The molecular weight excluding hydrogens is 218 g/mol.